The van der Waals surface area contributed by atoms with Crippen LogP contribution in [0.3, 0.4) is 0 Å². The van der Waals surface area contributed by atoms with E-state index in [0.29, 0.717) is 19.7 Å². The third-order valence-corrected chi connectivity index (χ3v) is 7.62. The maximum absolute atomic E-state index is 12.8. The molecule has 2 atom stereocenters. The lowest BCUT2D eigenvalue weighted by Gasteiger charge is -2.35. The molecule has 29 heavy (non-hydrogen) atoms. The van der Waals surface area contributed by atoms with E-state index in [-0.39, 0.29) is 29.4 Å². The standard InChI is InChI=1S/C23H37N3O3/c1-2-29-22(28)26-12-8-19(9-13-26)24-21(27)20-16-23(20)10-14-25(15-11-23)17-18-6-4-3-5-7-18/h3-4,18-20H,2,5-17H2,1H3,(H,24,27)/t18-,20-/m1/s1. The number of ether oxygens (including phenoxy) is 1. The molecule has 0 aromatic carbocycles. The Morgan fingerprint density at radius 3 is 2.52 bits per heavy atom. The quantitative estimate of drug-likeness (QED) is 0.716. The lowest BCUT2D eigenvalue weighted by atomic mass is 9.88. The Bertz CT molecular complexity index is 619. The molecule has 2 amide bonds. The molecule has 0 unspecified atom stereocenters. The third kappa shape index (κ3) is 4.96. The number of nitrogens with zero attached hydrogens (tertiary/aromatic N) is 2. The van der Waals surface area contributed by atoms with Crippen molar-refractivity contribution in [1.29, 1.82) is 0 Å². The van der Waals surface area contributed by atoms with E-state index >= 15 is 0 Å². The highest BCUT2D eigenvalue weighted by molar-refractivity contribution is 5.83. The van der Waals surface area contributed by atoms with Crippen molar-refractivity contribution in [1.82, 2.24) is 15.1 Å². The van der Waals surface area contributed by atoms with Gasteiger partial charge < -0.3 is 19.9 Å². The lowest BCUT2D eigenvalue weighted by Crippen LogP contribution is -2.47. The van der Waals surface area contributed by atoms with Crippen LogP contribution in [-0.2, 0) is 9.53 Å². The molecule has 0 aromatic rings. The number of nitrogens with one attached hydrogen (secondary N) is 1. The molecule has 4 rings (SSSR count). The fourth-order valence-electron chi connectivity index (χ4n) is 5.56. The minimum absolute atomic E-state index is 0.199. The zero-order valence-corrected chi connectivity index (χ0v) is 17.9. The first kappa shape index (κ1) is 20.7. The van der Waals surface area contributed by atoms with Gasteiger partial charge in [-0.2, -0.15) is 0 Å². The fourth-order valence-corrected chi connectivity index (χ4v) is 5.56. The summed E-state index contributed by atoms with van der Waals surface area (Å²) in [5.74, 6) is 1.30. The van der Waals surface area contributed by atoms with Gasteiger partial charge in [-0.1, -0.05) is 12.2 Å². The predicted molar refractivity (Wildman–Crippen MR) is 112 cm³/mol. The number of likely N-dealkylation sites (tertiary alicyclic amines) is 2. The van der Waals surface area contributed by atoms with E-state index < -0.39 is 0 Å². The van der Waals surface area contributed by atoms with E-state index in [1.54, 1.807) is 4.90 Å². The third-order valence-electron chi connectivity index (χ3n) is 7.62. The van der Waals surface area contributed by atoms with Gasteiger partial charge in [0.05, 0.1) is 6.61 Å². The Morgan fingerprint density at radius 1 is 1.10 bits per heavy atom. The molecule has 2 aliphatic heterocycles. The average molecular weight is 404 g/mol. The second-order valence-electron chi connectivity index (χ2n) is 9.54. The van der Waals surface area contributed by atoms with Crippen molar-refractivity contribution in [3.63, 3.8) is 0 Å². The van der Waals surface area contributed by atoms with Gasteiger partial charge in [-0.05, 0) is 82.7 Å². The van der Waals surface area contributed by atoms with Gasteiger partial charge in [0, 0.05) is 31.6 Å². The SMILES string of the molecule is CCOC(=O)N1CCC(NC(=O)[C@H]2CC23CCN(C[C@@H]2CC=CCC2)CC3)CC1. The first-order valence-electron chi connectivity index (χ1n) is 11.7. The number of carbonyl (C=O) groups excluding carboxylic acids is 2. The molecule has 0 bridgehead atoms. The highest BCUT2D eigenvalue weighted by atomic mass is 16.6. The summed E-state index contributed by atoms with van der Waals surface area (Å²) >= 11 is 0. The normalized spacial score (nSPS) is 29.6. The van der Waals surface area contributed by atoms with Crippen molar-refractivity contribution < 1.29 is 14.3 Å². The highest BCUT2D eigenvalue weighted by Gasteiger charge is 2.58. The Kier molecular flexibility index (Phi) is 6.47. The van der Waals surface area contributed by atoms with Crippen LogP contribution >= 0.6 is 0 Å². The van der Waals surface area contributed by atoms with Crippen LogP contribution in [0.1, 0.15) is 58.3 Å². The summed E-state index contributed by atoms with van der Waals surface area (Å²) < 4.78 is 5.07. The van der Waals surface area contributed by atoms with E-state index in [4.69, 9.17) is 4.74 Å². The largest absolute Gasteiger partial charge is 0.450 e. The van der Waals surface area contributed by atoms with Gasteiger partial charge in [0.15, 0.2) is 0 Å². The maximum atomic E-state index is 12.8. The Labute approximate surface area is 175 Å². The Balaban J connectivity index is 1.16. The van der Waals surface area contributed by atoms with Gasteiger partial charge in [0.1, 0.15) is 0 Å². The molecule has 162 valence electrons. The minimum Gasteiger partial charge on any atom is -0.450 e. The zero-order chi connectivity index (χ0) is 20.3. The highest BCUT2D eigenvalue weighted by Crippen LogP contribution is 2.59. The van der Waals surface area contributed by atoms with Gasteiger partial charge in [0.25, 0.3) is 0 Å². The van der Waals surface area contributed by atoms with Crippen LogP contribution in [0.15, 0.2) is 12.2 Å². The number of hydrogen-bond acceptors (Lipinski definition) is 4. The first-order valence-corrected chi connectivity index (χ1v) is 11.7. The van der Waals surface area contributed by atoms with Crippen molar-refractivity contribution in [2.24, 2.45) is 17.3 Å². The maximum Gasteiger partial charge on any atom is 0.409 e. The molecule has 2 saturated heterocycles. The molecule has 3 fully saturated rings. The van der Waals surface area contributed by atoms with Crippen LogP contribution in [-0.4, -0.2) is 67.2 Å². The van der Waals surface area contributed by atoms with Crippen LogP contribution in [0.4, 0.5) is 4.79 Å². The van der Waals surface area contributed by atoms with Crippen molar-refractivity contribution in [3.05, 3.63) is 12.2 Å². The summed E-state index contributed by atoms with van der Waals surface area (Å²) in [5, 5.41) is 3.28. The molecule has 0 aromatic heterocycles. The zero-order valence-electron chi connectivity index (χ0n) is 17.9. The summed E-state index contributed by atoms with van der Waals surface area (Å²) in [6.07, 6.45) is 13.3. The summed E-state index contributed by atoms with van der Waals surface area (Å²) in [5.41, 5.74) is 0.276. The molecule has 6 heteroatoms. The first-order chi connectivity index (χ1) is 14.1. The number of rotatable bonds is 5. The molecule has 2 heterocycles. The second-order valence-corrected chi connectivity index (χ2v) is 9.54. The molecule has 1 N–H and O–H groups in total. The predicted octanol–water partition coefficient (Wildman–Crippen LogP) is 3.18. The molecule has 2 aliphatic carbocycles. The van der Waals surface area contributed by atoms with Crippen LogP contribution in [0.25, 0.3) is 0 Å². The monoisotopic (exact) mass is 403 g/mol. The molecular weight excluding hydrogens is 366 g/mol. The van der Waals surface area contributed by atoms with Crippen molar-refractivity contribution in [2.75, 3.05) is 39.3 Å². The number of amides is 2. The number of carbonyl (C=O) groups is 2. The molecule has 4 aliphatic rings. The van der Waals surface area contributed by atoms with Gasteiger partial charge >= 0.3 is 6.09 Å². The number of hydrogen-bond donors (Lipinski definition) is 1. The smallest absolute Gasteiger partial charge is 0.409 e. The van der Waals surface area contributed by atoms with Gasteiger partial charge in [-0.3, -0.25) is 4.79 Å². The van der Waals surface area contributed by atoms with Crippen molar-refractivity contribution >= 4 is 12.0 Å². The van der Waals surface area contributed by atoms with E-state index in [1.807, 2.05) is 6.92 Å². The van der Waals surface area contributed by atoms with E-state index in [0.717, 1.165) is 38.3 Å². The van der Waals surface area contributed by atoms with Gasteiger partial charge in [0.2, 0.25) is 5.91 Å². The molecule has 1 spiro atoms. The minimum atomic E-state index is -0.227. The molecule has 0 radical (unpaired) electrons. The van der Waals surface area contributed by atoms with Crippen LogP contribution in [0.2, 0.25) is 0 Å². The lowest BCUT2D eigenvalue weighted by molar-refractivity contribution is -0.124. The molecule has 1 saturated carbocycles. The van der Waals surface area contributed by atoms with E-state index in [1.165, 1.54) is 38.6 Å². The van der Waals surface area contributed by atoms with Crippen molar-refractivity contribution in [2.45, 2.75) is 64.3 Å². The van der Waals surface area contributed by atoms with Crippen molar-refractivity contribution in [3.8, 4) is 0 Å². The second kappa shape index (κ2) is 9.07. The molecule has 6 nitrogen and oxygen atoms in total. The van der Waals surface area contributed by atoms with Crippen LogP contribution in [0, 0.1) is 17.3 Å². The number of piperidine rings is 2. The van der Waals surface area contributed by atoms with Gasteiger partial charge in [-0.25, -0.2) is 4.79 Å². The van der Waals surface area contributed by atoms with E-state index in [9.17, 15) is 9.59 Å². The topological polar surface area (TPSA) is 61.9 Å². The number of allylic oxidation sites excluding steroid dienone is 2. The van der Waals surface area contributed by atoms with Crippen LogP contribution in [0.5, 0.6) is 0 Å². The fraction of sp³-hybridized carbons (Fsp3) is 0.826. The Morgan fingerprint density at radius 2 is 1.86 bits per heavy atom. The summed E-state index contributed by atoms with van der Waals surface area (Å²) in [4.78, 5) is 29.0. The molecular formula is C23H37N3O3. The Hall–Kier alpha value is -1.56. The average Bonchev–Trinajstić information content (AvgIpc) is 3.45. The summed E-state index contributed by atoms with van der Waals surface area (Å²) in [7, 11) is 0. The van der Waals surface area contributed by atoms with Crippen LogP contribution < -0.4 is 5.32 Å². The van der Waals surface area contributed by atoms with E-state index in [2.05, 4.69) is 22.4 Å². The summed E-state index contributed by atoms with van der Waals surface area (Å²) in [6.45, 7) is 7.12. The summed E-state index contributed by atoms with van der Waals surface area (Å²) in [6, 6.07) is 0.199. The van der Waals surface area contributed by atoms with Gasteiger partial charge in [-0.15, -0.1) is 0 Å².